The molecule has 0 saturated carbocycles. The lowest BCUT2D eigenvalue weighted by atomic mass is 10.1. The van der Waals surface area contributed by atoms with Gasteiger partial charge in [0, 0.05) is 17.7 Å². The van der Waals surface area contributed by atoms with Crippen molar-refractivity contribution in [3.63, 3.8) is 0 Å². The minimum atomic E-state index is -1.11. The van der Waals surface area contributed by atoms with Crippen LogP contribution < -0.4 is 4.74 Å². The van der Waals surface area contributed by atoms with Gasteiger partial charge in [0.05, 0.1) is 7.11 Å². The summed E-state index contributed by atoms with van der Waals surface area (Å²) in [5, 5.41) is 8.40. The molecule has 0 saturated heterocycles. The van der Waals surface area contributed by atoms with Crippen LogP contribution in [0.4, 0.5) is 8.78 Å². The number of carboxylic acids is 1. The molecule has 0 amide bonds. The molecule has 0 unspecified atom stereocenters. The van der Waals surface area contributed by atoms with Crippen LogP contribution in [0.3, 0.4) is 0 Å². The topological polar surface area (TPSA) is 46.5 Å². The standard InChI is InChI=1S/C13H12F2O3/c1-8(4-3-5-13(16)17)9-6-11(15)12(18-2)7-10(9)14/h3-7H,1-2H3,(H,16,17)/b5-3+,8-4+. The SMILES string of the molecule is COc1cc(F)c(/C(C)=C/C=C/C(=O)O)cc1F. The van der Waals surface area contributed by atoms with Crippen LogP contribution >= 0.6 is 0 Å². The molecule has 1 aromatic rings. The highest BCUT2D eigenvalue weighted by Gasteiger charge is 2.11. The maximum Gasteiger partial charge on any atom is 0.328 e. The van der Waals surface area contributed by atoms with Crippen LogP contribution in [-0.4, -0.2) is 18.2 Å². The molecule has 18 heavy (non-hydrogen) atoms. The number of benzene rings is 1. The highest BCUT2D eigenvalue weighted by molar-refractivity contribution is 5.80. The van der Waals surface area contributed by atoms with Gasteiger partial charge < -0.3 is 9.84 Å². The lowest BCUT2D eigenvalue weighted by Crippen LogP contribution is -1.94. The highest BCUT2D eigenvalue weighted by Crippen LogP contribution is 2.25. The molecular weight excluding hydrogens is 242 g/mol. The third-order valence-corrected chi connectivity index (χ3v) is 2.25. The maximum atomic E-state index is 13.6. The first-order chi connectivity index (χ1) is 8.45. The van der Waals surface area contributed by atoms with Gasteiger partial charge in [0.15, 0.2) is 11.6 Å². The van der Waals surface area contributed by atoms with Crippen LogP contribution in [0.15, 0.2) is 30.4 Å². The average molecular weight is 254 g/mol. The van der Waals surface area contributed by atoms with Crippen molar-refractivity contribution in [1.82, 2.24) is 0 Å². The van der Waals surface area contributed by atoms with Crippen LogP contribution in [0.25, 0.3) is 5.57 Å². The third kappa shape index (κ3) is 3.41. The molecule has 0 fully saturated rings. The van der Waals surface area contributed by atoms with Crippen molar-refractivity contribution in [2.45, 2.75) is 6.92 Å². The normalized spacial score (nSPS) is 11.9. The van der Waals surface area contributed by atoms with E-state index in [9.17, 15) is 13.6 Å². The fourth-order valence-corrected chi connectivity index (χ4v) is 1.35. The molecule has 5 heteroatoms. The van der Waals surface area contributed by atoms with E-state index >= 15 is 0 Å². The summed E-state index contributed by atoms with van der Waals surface area (Å²) in [5.41, 5.74) is 0.467. The largest absolute Gasteiger partial charge is 0.494 e. The number of carbonyl (C=O) groups is 1. The van der Waals surface area contributed by atoms with E-state index in [2.05, 4.69) is 4.74 Å². The minimum Gasteiger partial charge on any atom is -0.494 e. The smallest absolute Gasteiger partial charge is 0.328 e. The zero-order valence-electron chi connectivity index (χ0n) is 9.91. The summed E-state index contributed by atoms with van der Waals surface area (Å²) in [6.07, 6.45) is 3.54. The van der Waals surface area contributed by atoms with Gasteiger partial charge in [-0.1, -0.05) is 12.2 Å². The van der Waals surface area contributed by atoms with Gasteiger partial charge in [-0.25, -0.2) is 13.6 Å². The molecule has 0 aliphatic heterocycles. The molecule has 3 nitrogen and oxygen atoms in total. The highest BCUT2D eigenvalue weighted by atomic mass is 19.1. The van der Waals surface area contributed by atoms with E-state index in [1.807, 2.05) is 0 Å². The van der Waals surface area contributed by atoms with Gasteiger partial charge in [-0.15, -0.1) is 0 Å². The number of carboxylic acid groups (broad SMARTS) is 1. The Morgan fingerprint density at radius 2 is 2.00 bits per heavy atom. The number of ether oxygens (including phenoxy) is 1. The summed E-state index contributed by atoms with van der Waals surface area (Å²) >= 11 is 0. The second-order valence-electron chi connectivity index (χ2n) is 3.51. The average Bonchev–Trinajstić information content (AvgIpc) is 2.30. The van der Waals surface area contributed by atoms with Crippen molar-refractivity contribution in [1.29, 1.82) is 0 Å². The number of methoxy groups -OCH3 is 1. The molecule has 0 bridgehead atoms. The van der Waals surface area contributed by atoms with E-state index in [-0.39, 0.29) is 11.3 Å². The lowest BCUT2D eigenvalue weighted by molar-refractivity contribution is -0.131. The fraction of sp³-hybridized carbons (Fsp3) is 0.154. The van der Waals surface area contributed by atoms with Crippen molar-refractivity contribution >= 4 is 11.5 Å². The Labute approximate surface area is 103 Å². The lowest BCUT2D eigenvalue weighted by Gasteiger charge is -2.07. The minimum absolute atomic E-state index is 0.0586. The molecule has 0 spiro atoms. The monoisotopic (exact) mass is 254 g/mol. The Bertz CT molecular complexity index is 519. The second-order valence-corrected chi connectivity index (χ2v) is 3.51. The predicted molar refractivity (Wildman–Crippen MR) is 63.3 cm³/mol. The van der Waals surface area contributed by atoms with Crippen LogP contribution in [0.5, 0.6) is 5.75 Å². The van der Waals surface area contributed by atoms with Gasteiger partial charge in [-0.05, 0) is 18.6 Å². The maximum absolute atomic E-state index is 13.6. The summed E-state index contributed by atoms with van der Waals surface area (Å²) < 4.78 is 31.7. The van der Waals surface area contributed by atoms with Crippen molar-refractivity contribution in [2.24, 2.45) is 0 Å². The van der Waals surface area contributed by atoms with Crippen molar-refractivity contribution in [2.75, 3.05) is 7.11 Å². The third-order valence-electron chi connectivity index (χ3n) is 2.25. The Morgan fingerprint density at radius 1 is 1.33 bits per heavy atom. The first kappa shape index (κ1) is 13.9. The molecule has 1 N–H and O–H groups in total. The molecule has 1 aromatic carbocycles. The fourth-order valence-electron chi connectivity index (χ4n) is 1.35. The van der Waals surface area contributed by atoms with Gasteiger partial charge in [0.2, 0.25) is 0 Å². The first-order valence-corrected chi connectivity index (χ1v) is 5.07. The van der Waals surface area contributed by atoms with Crippen molar-refractivity contribution < 1.29 is 23.4 Å². The van der Waals surface area contributed by atoms with Gasteiger partial charge in [-0.2, -0.15) is 0 Å². The van der Waals surface area contributed by atoms with Crippen molar-refractivity contribution in [3.05, 3.63) is 47.6 Å². The molecule has 0 aliphatic rings. The Kier molecular flexibility index (Phi) is 4.59. The second kappa shape index (κ2) is 5.95. The predicted octanol–water partition coefficient (Wildman–Crippen LogP) is 3.02. The van der Waals surface area contributed by atoms with E-state index in [0.717, 1.165) is 18.2 Å². The molecular formula is C13H12F2O3. The molecule has 96 valence electrons. The molecule has 1 rings (SSSR count). The zero-order chi connectivity index (χ0) is 13.7. The molecule has 0 atom stereocenters. The van der Waals surface area contributed by atoms with Gasteiger partial charge in [0.1, 0.15) is 5.82 Å². The quantitative estimate of drug-likeness (QED) is 0.663. The number of hydrogen-bond acceptors (Lipinski definition) is 2. The molecule has 0 aromatic heterocycles. The number of halogens is 2. The van der Waals surface area contributed by atoms with E-state index < -0.39 is 17.6 Å². The first-order valence-electron chi connectivity index (χ1n) is 5.07. The van der Waals surface area contributed by atoms with E-state index in [0.29, 0.717) is 5.57 Å². The number of aliphatic carboxylic acids is 1. The zero-order valence-corrected chi connectivity index (χ0v) is 9.91. The molecule has 0 aliphatic carbocycles. The Morgan fingerprint density at radius 3 is 2.56 bits per heavy atom. The van der Waals surface area contributed by atoms with Crippen LogP contribution in [-0.2, 0) is 4.79 Å². The summed E-state index contributed by atoms with van der Waals surface area (Å²) in [4.78, 5) is 10.3. The van der Waals surface area contributed by atoms with Gasteiger partial charge >= 0.3 is 5.97 Å². The number of hydrogen-bond donors (Lipinski definition) is 1. The number of allylic oxidation sites excluding steroid dienone is 3. The van der Waals surface area contributed by atoms with Crippen molar-refractivity contribution in [3.8, 4) is 5.75 Å². The summed E-state index contributed by atoms with van der Waals surface area (Å²) in [5.74, 6) is -2.60. The molecule has 0 heterocycles. The van der Waals surface area contributed by atoms with E-state index in [1.54, 1.807) is 6.92 Å². The van der Waals surface area contributed by atoms with Gasteiger partial charge in [-0.3, -0.25) is 0 Å². The Hall–Kier alpha value is -2.17. The molecule has 0 radical (unpaired) electrons. The van der Waals surface area contributed by atoms with E-state index in [4.69, 9.17) is 5.11 Å². The summed E-state index contributed by atoms with van der Waals surface area (Å²) in [6.45, 7) is 1.55. The van der Waals surface area contributed by atoms with Gasteiger partial charge in [0.25, 0.3) is 0 Å². The summed E-state index contributed by atoms with van der Waals surface area (Å²) in [6, 6.07) is 1.96. The summed E-state index contributed by atoms with van der Waals surface area (Å²) in [7, 11) is 1.25. The van der Waals surface area contributed by atoms with Crippen LogP contribution in [0.2, 0.25) is 0 Å². The Balaban J connectivity index is 3.10. The van der Waals surface area contributed by atoms with Crippen LogP contribution in [0.1, 0.15) is 12.5 Å². The number of rotatable bonds is 4. The van der Waals surface area contributed by atoms with E-state index in [1.165, 1.54) is 19.3 Å². The van der Waals surface area contributed by atoms with Crippen LogP contribution in [0, 0.1) is 11.6 Å².